The fourth-order valence-electron chi connectivity index (χ4n) is 3.59. The van der Waals surface area contributed by atoms with E-state index in [4.69, 9.17) is 5.73 Å². The standard InChI is InChI=1S/C17H23F2N3O/c18-13-4-5-14(19)15(12-13)21-8-10-22(11-9-21)16(23)17(20)6-2-1-3-7-17/h4-5,12H,1-3,6-11,20H2. The molecule has 0 unspecified atom stereocenters. The van der Waals surface area contributed by atoms with Gasteiger partial charge in [0, 0.05) is 32.2 Å². The number of amides is 1. The van der Waals surface area contributed by atoms with Gasteiger partial charge in [0.2, 0.25) is 5.91 Å². The predicted octanol–water partition coefficient (Wildman–Crippen LogP) is 2.27. The summed E-state index contributed by atoms with van der Waals surface area (Å²) in [5.74, 6) is -0.881. The molecule has 0 radical (unpaired) electrons. The first-order valence-electron chi connectivity index (χ1n) is 8.28. The second-order valence-electron chi connectivity index (χ2n) is 6.59. The minimum absolute atomic E-state index is 0.0107. The molecule has 1 saturated heterocycles. The smallest absolute Gasteiger partial charge is 0.242 e. The van der Waals surface area contributed by atoms with Crippen LogP contribution in [0.4, 0.5) is 14.5 Å². The van der Waals surface area contributed by atoms with Gasteiger partial charge in [-0.05, 0) is 25.0 Å². The lowest BCUT2D eigenvalue weighted by molar-refractivity contribution is -0.138. The summed E-state index contributed by atoms with van der Waals surface area (Å²) in [6.07, 6.45) is 4.61. The number of benzene rings is 1. The highest BCUT2D eigenvalue weighted by molar-refractivity contribution is 5.86. The van der Waals surface area contributed by atoms with Crippen LogP contribution < -0.4 is 10.6 Å². The number of piperazine rings is 1. The summed E-state index contributed by atoms with van der Waals surface area (Å²) in [7, 11) is 0. The Bertz CT molecular complexity index is 579. The number of hydrogen-bond acceptors (Lipinski definition) is 3. The van der Waals surface area contributed by atoms with E-state index in [1.165, 1.54) is 6.07 Å². The molecule has 1 aliphatic carbocycles. The molecule has 2 aliphatic rings. The second-order valence-corrected chi connectivity index (χ2v) is 6.59. The summed E-state index contributed by atoms with van der Waals surface area (Å²) in [5.41, 5.74) is 5.84. The van der Waals surface area contributed by atoms with Crippen molar-refractivity contribution in [1.82, 2.24) is 4.90 Å². The van der Waals surface area contributed by atoms with Gasteiger partial charge in [0.25, 0.3) is 0 Å². The van der Waals surface area contributed by atoms with Gasteiger partial charge in [-0.2, -0.15) is 0 Å². The summed E-state index contributed by atoms with van der Waals surface area (Å²) < 4.78 is 27.2. The molecule has 0 aromatic heterocycles. The van der Waals surface area contributed by atoms with Crippen molar-refractivity contribution in [3.63, 3.8) is 0 Å². The van der Waals surface area contributed by atoms with Crippen LogP contribution in [0, 0.1) is 11.6 Å². The van der Waals surface area contributed by atoms with Crippen molar-refractivity contribution in [3.05, 3.63) is 29.8 Å². The second kappa shape index (κ2) is 6.43. The van der Waals surface area contributed by atoms with Gasteiger partial charge in [0.1, 0.15) is 11.6 Å². The summed E-state index contributed by atoms with van der Waals surface area (Å²) in [4.78, 5) is 16.2. The molecule has 23 heavy (non-hydrogen) atoms. The van der Waals surface area contributed by atoms with Gasteiger partial charge in [0.15, 0.2) is 0 Å². The lowest BCUT2D eigenvalue weighted by Crippen LogP contribution is -2.60. The maximum atomic E-state index is 13.9. The molecule has 2 fully saturated rings. The highest BCUT2D eigenvalue weighted by Gasteiger charge is 2.39. The first-order valence-corrected chi connectivity index (χ1v) is 8.28. The van der Waals surface area contributed by atoms with Crippen molar-refractivity contribution >= 4 is 11.6 Å². The quantitative estimate of drug-likeness (QED) is 0.908. The Morgan fingerprint density at radius 1 is 1.04 bits per heavy atom. The van der Waals surface area contributed by atoms with Gasteiger partial charge in [-0.3, -0.25) is 4.79 Å². The van der Waals surface area contributed by atoms with Gasteiger partial charge in [-0.15, -0.1) is 0 Å². The van der Waals surface area contributed by atoms with Crippen LogP contribution in [0.25, 0.3) is 0 Å². The summed E-state index contributed by atoms with van der Waals surface area (Å²) in [6.45, 7) is 1.96. The predicted molar refractivity (Wildman–Crippen MR) is 85.2 cm³/mol. The van der Waals surface area contributed by atoms with E-state index in [9.17, 15) is 13.6 Å². The van der Waals surface area contributed by atoms with Crippen LogP contribution >= 0.6 is 0 Å². The Balaban J connectivity index is 1.64. The summed E-state index contributed by atoms with van der Waals surface area (Å²) in [6, 6.07) is 3.46. The van der Waals surface area contributed by atoms with Crippen LogP contribution in [0.15, 0.2) is 18.2 Å². The number of rotatable bonds is 2. The maximum Gasteiger partial charge on any atom is 0.242 e. The molecule has 0 atom stereocenters. The van der Waals surface area contributed by atoms with Gasteiger partial charge in [0.05, 0.1) is 11.2 Å². The Morgan fingerprint density at radius 3 is 2.35 bits per heavy atom. The van der Waals surface area contributed by atoms with Crippen molar-refractivity contribution in [2.45, 2.75) is 37.6 Å². The number of nitrogens with zero attached hydrogens (tertiary/aromatic N) is 2. The SMILES string of the molecule is NC1(C(=O)N2CCN(c3cc(F)ccc3F)CC2)CCCCC1. The molecule has 1 heterocycles. The molecule has 1 saturated carbocycles. The Morgan fingerprint density at radius 2 is 1.70 bits per heavy atom. The van der Waals surface area contributed by atoms with Crippen molar-refractivity contribution in [1.29, 1.82) is 0 Å². The van der Waals surface area contributed by atoms with E-state index in [0.29, 0.717) is 26.2 Å². The Labute approximate surface area is 135 Å². The highest BCUT2D eigenvalue weighted by atomic mass is 19.1. The van der Waals surface area contributed by atoms with Crippen LogP contribution in [0.1, 0.15) is 32.1 Å². The monoisotopic (exact) mass is 323 g/mol. The van der Waals surface area contributed by atoms with Crippen molar-refractivity contribution < 1.29 is 13.6 Å². The number of halogens is 2. The van der Waals surface area contributed by atoms with E-state index in [0.717, 1.165) is 44.2 Å². The molecule has 1 amide bonds. The average Bonchev–Trinajstić information content (AvgIpc) is 2.57. The van der Waals surface area contributed by atoms with Crippen LogP contribution in [0.3, 0.4) is 0 Å². The van der Waals surface area contributed by atoms with Crippen LogP contribution in [0.5, 0.6) is 0 Å². The molecule has 1 aromatic carbocycles. The Hall–Kier alpha value is -1.69. The molecule has 1 aliphatic heterocycles. The van der Waals surface area contributed by atoms with Crippen molar-refractivity contribution in [2.75, 3.05) is 31.1 Å². The fraction of sp³-hybridized carbons (Fsp3) is 0.588. The van der Waals surface area contributed by atoms with Crippen LogP contribution in [-0.4, -0.2) is 42.5 Å². The van der Waals surface area contributed by atoms with Gasteiger partial charge < -0.3 is 15.5 Å². The first-order chi connectivity index (χ1) is 11.0. The lowest BCUT2D eigenvalue weighted by atomic mass is 9.81. The third kappa shape index (κ3) is 3.32. The lowest BCUT2D eigenvalue weighted by Gasteiger charge is -2.41. The van der Waals surface area contributed by atoms with Gasteiger partial charge in [-0.25, -0.2) is 8.78 Å². The first kappa shape index (κ1) is 16.2. The van der Waals surface area contributed by atoms with E-state index in [2.05, 4.69) is 0 Å². The molecule has 1 aromatic rings. The van der Waals surface area contributed by atoms with Crippen molar-refractivity contribution in [3.8, 4) is 0 Å². The molecule has 0 spiro atoms. The van der Waals surface area contributed by atoms with Crippen LogP contribution in [0.2, 0.25) is 0 Å². The van der Waals surface area contributed by atoms with E-state index in [-0.39, 0.29) is 11.6 Å². The zero-order chi connectivity index (χ0) is 16.4. The number of carbonyl (C=O) groups excluding carboxylic acids is 1. The molecule has 3 rings (SSSR count). The van der Waals surface area contributed by atoms with E-state index >= 15 is 0 Å². The molecule has 126 valence electrons. The molecular weight excluding hydrogens is 300 g/mol. The van der Waals surface area contributed by atoms with Crippen molar-refractivity contribution in [2.24, 2.45) is 5.73 Å². The largest absolute Gasteiger partial charge is 0.366 e. The Kier molecular flexibility index (Phi) is 4.53. The normalized spacial score (nSPS) is 21.3. The van der Waals surface area contributed by atoms with Crippen LogP contribution in [-0.2, 0) is 4.79 Å². The minimum Gasteiger partial charge on any atom is -0.366 e. The number of nitrogens with two attached hydrogens (primary N) is 1. The topological polar surface area (TPSA) is 49.6 Å². The maximum absolute atomic E-state index is 13.9. The molecular formula is C17H23F2N3O. The van der Waals surface area contributed by atoms with E-state index < -0.39 is 17.2 Å². The average molecular weight is 323 g/mol. The number of carbonyl (C=O) groups is 1. The summed E-state index contributed by atoms with van der Waals surface area (Å²) in [5, 5.41) is 0. The third-order valence-corrected chi connectivity index (χ3v) is 4.99. The molecule has 2 N–H and O–H groups in total. The highest BCUT2D eigenvalue weighted by Crippen LogP contribution is 2.29. The third-order valence-electron chi connectivity index (χ3n) is 4.99. The minimum atomic E-state index is -0.732. The molecule has 6 heteroatoms. The summed E-state index contributed by atoms with van der Waals surface area (Å²) >= 11 is 0. The fourth-order valence-corrected chi connectivity index (χ4v) is 3.59. The zero-order valence-electron chi connectivity index (χ0n) is 13.2. The molecule has 0 bridgehead atoms. The van der Waals surface area contributed by atoms with E-state index in [1.807, 2.05) is 0 Å². The van der Waals surface area contributed by atoms with E-state index in [1.54, 1.807) is 9.80 Å². The number of hydrogen-bond donors (Lipinski definition) is 1. The zero-order valence-corrected chi connectivity index (χ0v) is 13.2. The number of anilines is 1. The molecule has 4 nitrogen and oxygen atoms in total. The van der Waals surface area contributed by atoms with Gasteiger partial charge in [-0.1, -0.05) is 19.3 Å². The van der Waals surface area contributed by atoms with Gasteiger partial charge >= 0.3 is 0 Å².